The van der Waals surface area contributed by atoms with Gasteiger partial charge in [-0.25, -0.2) is 4.98 Å². The third-order valence-corrected chi connectivity index (χ3v) is 4.02. The Balaban J connectivity index is 1.67. The molecule has 1 N–H and O–H groups in total. The van der Waals surface area contributed by atoms with Gasteiger partial charge >= 0.3 is 0 Å². The van der Waals surface area contributed by atoms with Crippen molar-refractivity contribution in [2.75, 3.05) is 23.3 Å². The molecule has 3 rings (SSSR count). The number of hydrogen-bond donors (Lipinski definition) is 1. The SMILES string of the molecule is Cc1ccccc1CNc1nccc(N2CCCCC2)n1. The van der Waals surface area contributed by atoms with E-state index in [4.69, 9.17) is 0 Å². The summed E-state index contributed by atoms with van der Waals surface area (Å²) >= 11 is 0. The van der Waals surface area contributed by atoms with Gasteiger partial charge in [0.2, 0.25) is 5.95 Å². The van der Waals surface area contributed by atoms with Crippen LogP contribution in [-0.2, 0) is 6.54 Å². The summed E-state index contributed by atoms with van der Waals surface area (Å²) in [7, 11) is 0. The van der Waals surface area contributed by atoms with Crippen molar-refractivity contribution in [3.63, 3.8) is 0 Å². The molecule has 0 bridgehead atoms. The fourth-order valence-electron chi connectivity index (χ4n) is 2.72. The highest BCUT2D eigenvalue weighted by Crippen LogP contribution is 2.18. The second-order valence-electron chi connectivity index (χ2n) is 5.57. The Bertz CT molecular complexity index is 591. The summed E-state index contributed by atoms with van der Waals surface area (Å²) in [6.45, 7) is 5.10. The van der Waals surface area contributed by atoms with Crippen LogP contribution in [0.4, 0.5) is 11.8 Å². The first-order valence-corrected chi connectivity index (χ1v) is 7.69. The number of anilines is 2. The average molecular weight is 282 g/mol. The lowest BCUT2D eigenvalue weighted by Crippen LogP contribution is -2.30. The Kier molecular flexibility index (Phi) is 4.34. The van der Waals surface area contributed by atoms with Crippen molar-refractivity contribution in [2.45, 2.75) is 32.7 Å². The Morgan fingerprint density at radius 1 is 1.10 bits per heavy atom. The van der Waals surface area contributed by atoms with Gasteiger partial charge in [0.05, 0.1) is 0 Å². The van der Waals surface area contributed by atoms with E-state index in [0.29, 0.717) is 5.95 Å². The van der Waals surface area contributed by atoms with Gasteiger partial charge in [-0.15, -0.1) is 0 Å². The molecule has 1 aliphatic rings. The number of hydrogen-bond acceptors (Lipinski definition) is 4. The summed E-state index contributed by atoms with van der Waals surface area (Å²) in [6.07, 6.45) is 5.70. The number of benzene rings is 1. The molecule has 1 saturated heterocycles. The normalized spacial score (nSPS) is 15.0. The lowest BCUT2D eigenvalue weighted by Gasteiger charge is -2.27. The van der Waals surface area contributed by atoms with Crippen LogP contribution in [0.2, 0.25) is 0 Å². The minimum atomic E-state index is 0.710. The maximum atomic E-state index is 4.64. The van der Waals surface area contributed by atoms with E-state index in [-0.39, 0.29) is 0 Å². The lowest BCUT2D eigenvalue weighted by atomic mass is 10.1. The van der Waals surface area contributed by atoms with Crippen LogP contribution < -0.4 is 10.2 Å². The highest BCUT2D eigenvalue weighted by atomic mass is 15.2. The summed E-state index contributed by atoms with van der Waals surface area (Å²) in [5.41, 5.74) is 2.57. The third kappa shape index (κ3) is 3.51. The Hall–Kier alpha value is -2.10. The molecule has 1 fully saturated rings. The zero-order chi connectivity index (χ0) is 14.5. The molecule has 1 aliphatic heterocycles. The van der Waals surface area contributed by atoms with Crippen molar-refractivity contribution in [3.8, 4) is 0 Å². The molecule has 4 nitrogen and oxygen atoms in total. The maximum Gasteiger partial charge on any atom is 0.224 e. The summed E-state index contributed by atoms with van der Waals surface area (Å²) in [5, 5.41) is 3.33. The van der Waals surface area contributed by atoms with Crippen LogP contribution in [0.5, 0.6) is 0 Å². The van der Waals surface area contributed by atoms with Gasteiger partial charge in [0.15, 0.2) is 0 Å². The predicted octanol–water partition coefficient (Wildman–Crippen LogP) is 3.39. The summed E-state index contributed by atoms with van der Waals surface area (Å²) < 4.78 is 0. The van der Waals surface area contributed by atoms with E-state index >= 15 is 0 Å². The van der Waals surface area contributed by atoms with Crippen LogP contribution in [0.1, 0.15) is 30.4 Å². The van der Waals surface area contributed by atoms with Crippen LogP contribution in [0.25, 0.3) is 0 Å². The van der Waals surface area contributed by atoms with Crippen molar-refractivity contribution in [1.82, 2.24) is 9.97 Å². The van der Waals surface area contributed by atoms with E-state index in [1.807, 2.05) is 12.3 Å². The number of aryl methyl sites for hydroxylation is 1. The summed E-state index contributed by atoms with van der Waals surface area (Å²) in [5.74, 6) is 1.75. The topological polar surface area (TPSA) is 41.1 Å². The highest BCUT2D eigenvalue weighted by Gasteiger charge is 2.12. The van der Waals surface area contributed by atoms with Crippen molar-refractivity contribution in [2.24, 2.45) is 0 Å². The second-order valence-corrected chi connectivity index (χ2v) is 5.57. The van der Waals surface area contributed by atoms with E-state index in [0.717, 1.165) is 25.5 Å². The number of aromatic nitrogens is 2. The number of rotatable bonds is 4. The van der Waals surface area contributed by atoms with Gasteiger partial charge in [-0.3, -0.25) is 0 Å². The Morgan fingerprint density at radius 3 is 2.71 bits per heavy atom. The highest BCUT2D eigenvalue weighted by molar-refractivity contribution is 5.43. The van der Waals surface area contributed by atoms with E-state index in [1.165, 1.54) is 30.4 Å². The summed E-state index contributed by atoms with van der Waals surface area (Å²) in [6, 6.07) is 10.4. The van der Waals surface area contributed by atoms with Crippen LogP contribution in [0, 0.1) is 6.92 Å². The predicted molar refractivity (Wildman–Crippen MR) is 86.6 cm³/mol. The van der Waals surface area contributed by atoms with Crippen LogP contribution in [0.3, 0.4) is 0 Å². The van der Waals surface area contributed by atoms with Gasteiger partial charge in [0.1, 0.15) is 5.82 Å². The minimum absolute atomic E-state index is 0.710. The molecule has 2 aromatic rings. The Morgan fingerprint density at radius 2 is 1.90 bits per heavy atom. The van der Waals surface area contributed by atoms with E-state index in [9.17, 15) is 0 Å². The third-order valence-electron chi connectivity index (χ3n) is 4.02. The molecule has 1 aromatic heterocycles. The van der Waals surface area contributed by atoms with Crippen molar-refractivity contribution in [3.05, 3.63) is 47.7 Å². The maximum absolute atomic E-state index is 4.64. The van der Waals surface area contributed by atoms with Crippen molar-refractivity contribution >= 4 is 11.8 Å². The fraction of sp³-hybridized carbons (Fsp3) is 0.412. The molecule has 0 amide bonds. The molecule has 2 heterocycles. The first-order chi connectivity index (χ1) is 10.3. The number of nitrogens with one attached hydrogen (secondary N) is 1. The largest absolute Gasteiger partial charge is 0.356 e. The van der Waals surface area contributed by atoms with E-state index < -0.39 is 0 Å². The van der Waals surface area contributed by atoms with Gasteiger partial charge in [-0.05, 0) is 43.4 Å². The van der Waals surface area contributed by atoms with E-state index in [2.05, 4.69) is 51.4 Å². The van der Waals surface area contributed by atoms with Crippen molar-refractivity contribution in [1.29, 1.82) is 0 Å². The van der Waals surface area contributed by atoms with Crippen molar-refractivity contribution < 1.29 is 0 Å². The van der Waals surface area contributed by atoms with Gasteiger partial charge in [0.25, 0.3) is 0 Å². The molecule has 4 heteroatoms. The molecule has 21 heavy (non-hydrogen) atoms. The number of nitrogens with zero attached hydrogens (tertiary/aromatic N) is 3. The molecule has 1 aromatic carbocycles. The second kappa shape index (κ2) is 6.57. The molecule has 0 atom stereocenters. The summed E-state index contributed by atoms with van der Waals surface area (Å²) in [4.78, 5) is 11.3. The van der Waals surface area contributed by atoms with Gasteiger partial charge in [-0.2, -0.15) is 4.98 Å². The molecule has 0 unspecified atom stereocenters. The molecule has 0 saturated carbocycles. The Labute approximate surface area is 126 Å². The van der Waals surface area contributed by atoms with Crippen LogP contribution in [0.15, 0.2) is 36.5 Å². The smallest absolute Gasteiger partial charge is 0.224 e. The van der Waals surface area contributed by atoms with Gasteiger partial charge in [-0.1, -0.05) is 24.3 Å². The van der Waals surface area contributed by atoms with Gasteiger partial charge < -0.3 is 10.2 Å². The van der Waals surface area contributed by atoms with Crippen LogP contribution in [-0.4, -0.2) is 23.1 Å². The quantitative estimate of drug-likeness (QED) is 0.933. The minimum Gasteiger partial charge on any atom is -0.356 e. The zero-order valence-corrected chi connectivity index (χ0v) is 12.5. The fourth-order valence-corrected chi connectivity index (χ4v) is 2.72. The van der Waals surface area contributed by atoms with Crippen LogP contribution >= 0.6 is 0 Å². The molecule has 110 valence electrons. The van der Waals surface area contributed by atoms with Gasteiger partial charge in [0, 0.05) is 25.8 Å². The van der Waals surface area contributed by atoms with E-state index in [1.54, 1.807) is 0 Å². The lowest BCUT2D eigenvalue weighted by molar-refractivity contribution is 0.573. The molecular formula is C17H22N4. The zero-order valence-electron chi connectivity index (χ0n) is 12.5. The molecule has 0 spiro atoms. The molecule has 0 radical (unpaired) electrons. The standard InChI is InChI=1S/C17H22N4/c1-14-7-3-4-8-15(14)13-19-17-18-10-9-16(20-17)21-11-5-2-6-12-21/h3-4,7-10H,2,5-6,11-13H2,1H3,(H,18,19,20). The first-order valence-electron chi connectivity index (χ1n) is 7.69. The molecular weight excluding hydrogens is 260 g/mol. The number of piperidine rings is 1. The molecule has 0 aliphatic carbocycles. The monoisotopic (exact) mass is 282 g/mol. The average Bonchev–Trinajstić information content (AvgIpc) is 2.55. The first kappa shape index (κ1) is 13.9.